The number of aromatic nitrogens is 4. The van der Waals surface area contributed by atoms with Gasteiger partial charge in [-0.2, -0.15) is 4.98 Å². The number of anilines is 1. The lowest BCUT2D eigenvalue weighted by atomic mass is 10.1. The molecule has 1 aliphatic carbocycles. The third-order valence-electron chi connectivity index (χ3n) is 5.51. The molecule has 1 atom stereocenters. The highest BCUT2D eigenvalue weighted by molar-refractivity contribution is 5.75. The fourth-order valence-corrected chi connectivity index (χ4v) is 3.72. The summed E-state index contributed by atoms with van der Waals surface area (Å²) in [7, 11) is 1.61. The summed E-state index contributed by atoms with van der Waals surface area (Å²) in [6, 6.07) is 17.7. The van der Waals surface area contributed by atoms with Crippen molar-refractivity contribution >= 4 is 17.1 Å². The van der Waals surface area contributed by atoms with Crippen LogP contribution in [-0.4, -0.2) is 32.3 Å². The maximum atomic E-state index is 13.6. The summed E-state index contributed by atoms with van der Waals surface area (Å²) in [5.74, 6) is 1.23. The Morgan fingerprint density at radius 3 is 2.67 bits per heavy atom. The van der Waals surface area contributed by atoms with Crippen molar-refractivity contribution in [2.75, 3.05) is 12.4 Å². The van der Waals surface area contributed by atoms with Gasteiger partial charge in [0.2, 0.25) is 5.95 Å². The molecule has 2 heterocycles. The number of benzene rings is 2. The Bertz CT molecular complexity index is 1260. The molecule has 0 aliphatic heterocycles. The molecular weight excluding hydrogens is 378 g/mol. The number of fused-ring (bicyclic) bond motifs is 1. The lowest BCUT2D eigenvalue weighted by molar-refractivity contribution is 0.414. The average molecular weight is 401 g/mol. The fourth-order valence-electron chi connectivity index (χ4n) is 3.72. The molecule has 0 bridgehead atoms. The molecule has 4 aromatic rings. The van der Waals surface area contributed by atoms with Gasteiger partial charge in [-0.05, 0) is 37.5 Å². The van der Waals surface area contributed by atoms with Gasteiger partial charge >= 0.3 is 5.69 Å². The van der Waals surface area contributed by atoms with E-state index in [0.717, 1.165) is 18.4 Å². The van der Waals surface area contributed by atoms with Crippen molar-refractivity contribution in [3.8, 4) is 11.4 Å². The van der Waals surface area contributed by atoms with E-state index in [0.29, 0.717) is 34.6 Å². The number of rotatable bonds is 6. The van der Waals surface area contributed by atoms with Crippen LogP contribution in [0.1, 0.15) is 31.4 Å². The summed E-state index contributed by atoms with van der Waals surface area (Å²) in [5.41, 5.74) is 2.87. The van der Waals surface area contributed by atoms with Gasteiger partial charge in [-0.3, -0.25) is 4.57 Å². The molecule has 7 heteroatoms. The van der Waals surface area contributed by atoms with Crippen molar-refractivity contribution in [2.45, 2.75) is 31.8 Å². The van der Waals surface area contributed by atoms with Crippen LogP contribution in [0.2, 0.25) is 0 Å². The Labute approximate surface area is 174 Å². The minimum Gasteiger partial charge on any atom is -0.497 e. The van der Waals surface area contributed by atoms with Gasteiger partial charge in [0.1, 0.15) is 11.3 Å². The van der Waals surface area contributed by atoms with Gasteiger partial charge in [0.25, 0.3) is 0 Å². The van der Waals surface area contributed by atoms with Crippen molar-refractivity contribution in [3.05, 3.63) is 76.8 Å². The first kappa shape index (κ1) is 18.4. The van der Waals surface area contributed by atoms with Crippen LogP contribution >= 0.6 is 0 Å². The van der Waals surface area contributed by atoms with Crippen LogP contribution in [0.25, 0.3) is 16.9 Å². The molecule has 30 heavy (non-hydrogen) atoms. The molecule has 2 aromatic carbocycles. The molecule has 152 valence electrons. The minimum atomic E-state index is -0.168. The summed E-state index contributed by atoms with van der Waals surface area (Å²) >= 11 is 0. The van der Waals surface area contributed by atoms with Gasteiger partial charge in [-0.25, -0.2) is 14.3 Å². The summed E-state index contributed by atoms with van der Waals surface area (Å²) < 4.78 is 8.76. The van der Waals surface area contributed by atoms with E-state index in [1.807, 2.05) is 61.5 Å². The van der Waals surface area contributed by atoms with Gasteiger partial charge < -0.3 is 10.1 Å². The van der Waals surface area contributed by atoms with Crippen LogP contribution in [0.15, 0.2) is 65.6 Å². The zero-order valence-electron chi connectivity index (χ0n) is 16.9. The first-order valence-electron chi connectivity index (χ1n) is 10.1. The van der Waals surface area contributed by atoms with E-state index in [2.05, 4.69) is 10.3 Å². The normalized spacial score (nSPS) is 14.6. The Morgan fingerprint density at radius 1 is 1.13 bits per heavy atom. The summed E-state index contributed by atoms with van der Waals surface area (Å²) in [6.07, 6.45) is 3.98. The summed E-state index contributed by atoms with van der Waals surface area (Å²) in [4.78, 5) is 22.9. The predicted octanol–water partition coefficient (Wildman–Crippen LogP) is 3.77. The minimum absolute atomic E-state index is 0.160. The average Bonchev–Trinajstić information content (AvgIpc) is 3.55. The number of ether oxygens (including phenoxy) is 1. The van der Waals surface area contributed by atoms with Crippen LogP contribution in [0.3, 0.4) is 0 Å². The second-order valence-corrected chi connectivity index (χ2v) is 7.60. The molecule has 1 saturated carbocycles. The zero-order chi connectivity index (χ0) is 20.7. The Hall–Kier alpha value is -3.61. The van der Waals surface area contributed by atoms with Gasteiger partial charge in [-0.1, -0.05) is 36.4 Å². The monoisotopic (exact) mass is 401 g/mol. The molecule has 0 spiro atoms. The topological polar surface area (TPSA) is 74.0 Å². The van der Waals surface area contributed by atoms with Crippen LogP contribution in [-0.2, 0) is 0 Å². The van der Waals surface area contributed by atoms with E-state index in [1.165, 1.54) is 0 Å². The van der Waals surface area contributed by atoms with Crippen molar-refractivity contribution in [3.63, 3.8) is 0 Å². The number of hydrogen-bond acceptors (Lipinski definition) is 5. The first-order valence-corrected chi connectivity index (χ1v) is 10.1. The summed E-state index contributed by atoms with van der Waals surface area (Å²) in [5, 5.41) is 3.33. The van der Waals surface area contributed by atoms with Crippen molar-refractivity contribution < 1.29 is 4.74 Å². The third kappa shape index (κ3) is 3.22. The lowest BCUT2D eigenvalue weighted by Gasteiger charge is -2.13. The largest absolute Gasteiger partial charge is 0.497 e. The SMILES string of the molecule is COc1cccc(-n2c(=O)n(C(C)c3ccccc3)c3cnc(NC4CC4)nc32)c1. The van der Waals surface area contributed by atoms with Crippen LogP contribution < -0.4 is 15.7 Å². The number of nitrogens with one attached hydrogen (secondary N) is 1. The quantitative estimate of drug-likeness (QED) is 0.532. The number of methoxy groups -OCH3 is 1. The number of nitrogens with zero attached hydrogens (tertiary/aromatic N) is 4. The van der Waals surface area contributed by atoms with E-state index in [-0.39, 0.29) is 11.7 Å². The van der Waals surface area contributed by atoms with E-state index in [9.17, 15) is 4.79 Å². The van der Waals surface area contributed by atoms with Gasteiger partial charge in [0, 0.05) is 12.1 Å². The second-order valence-electron chi connectivity index (χ2n) is 7.60. The zero-order valence-corrected chi connectivity index (χ0v) is 16.9. The lowest BCUT2D eigenvalue weighted by Crippen LogP contribution is -2.26. The van der Waals surface area contributed by atoms with Gasteiger partial charge in [0.05, 0.1) is 25.0 Å². The third-order valence-corrected chi connectivity index (χ3v) is 5.51. The second kappa shape index (κ2) is 7.33. The molecule has 7 nitrogen and oxygen atoms in total. The fraction of sp³-hybridized carbons (Fsp3) is 0.261. The molecule has 2 aromatic heterocycles. The molecule has 0 saturated heterocycles. The van der Waals surface area contributed by atoms with E-state index >= 15 is 0 Å². The van der Waals surface area contributed by atoms with Crippen molar-refractivity contribution in [1.82, 2.24) is 19.1 Å². The van der Waals surface area contributed by atoms with Gasteiger partial charge in [0.15, 0.2) is 5.65 Å². The first-order chi connectivity index (χ1) is 14.7. The van der Waals surface area contributed by atoms with Crippen LogP contribution in [0, 0.1) is 0 Å². The van der Waals surface area contributed by atoms with E-state index in [4.69, 9.17) is 9.72 Å². The summed E-state index contributed by atoms with van der Waals surface area (Å²) in [6.45, 7) is 2.02. The van der Waals surface area contributed by atoms with Crippen molar-refractivity contribution in [1.29, 1.82) is 0 Å². The molecule has 0 amide bonds. The maximum Gasteiger partial charge on any atom is 0.335 e. The van der Waals surface area contributed by atoms with Crippen LogP contribution in [0.5, 0.6) is 5.75 Å². The number of imidazole rings is 1. The standard InChI is InChI=1S/C23H23N5O2/c1-15(16-7-4-3-5-8-16)27-20-14-24-22(25-17-11-12-17)26-21(20)28(23(27)29)18-9-6-10-19(13-18)30-2/h3-10,13-15,17H,11-12H2,1-2H3,(H,24,25,26). The molecular formula is C23H23N5O2. The smallest absolute Gasteiger partial charge is 0.335 e. The predicted molar refractivity (Wildman–Crippen MR) is 117 cm³/mol. The Kier molecular flexibility index (Phi) is 4.50. The van der Waals surface area contributed by atoms with Gasteiger partial charge in [-0.15, -0.1) is 0 Å². The highest BCUT2D eigenvalue weighted by atomic mass is 16.5. The Balaban J connectivity index is 1.74. The van der Waals surface area contributed by atoms with Crippen molar-refractivity contribution in [2.24, 2.45) is 0 Å². The van der Waals surface area contributed by atoms with E-state index < -0.39 is 0 Å². The molecule has 1 aliphatic rings. The molecule has 0 radical (unpaired) electrons. The highest BCUT2D eigenvalue weighted by Gasteiger charge is 2.25. The highest BCUT2D eigenvalue weighted by Crippen LogP contribution is 2.27. The van der Waals surface area contributed by atoms with E-state index in [1.54, 1.807) is 22.4 Å². The molecule has 1 unspecified atom stereocenters. The molecule has 1 fully saturated rings. The maximum absolute atomic E-state index is 13.6. The molecule has 5 rings (SSSR count). The van der Waals surface area contributed by atoms with Crippen LogP contribution in [0.4, 0.5) is 5.95 Å². The Morgan fingerprint density at radius 2 is 1.93 bits per heavy atom. The number of hydrogen-bond donors (Lipinski definition) is 1. The molecule has 1 N–H and O–H groups in total.